The first-order valence-corrected chi connectivity index (χ1v) is 10.4. The molecule has 2 heterocycles. The van der Waals surface area contributed by atoms with Crippen LogP contribution in [0.4, 0.5) is 0 Å². The van der Waals surface area contributed by atoms with Gasteiger partial charge in [0.25, 0.3) is 0 Å². The van der Waals surface area contributed by atoms with E-state index in [1.54, 1.807) is 13.3 Å². The molecule has 0 aliphatic carbocycles. The van der Waals surface area contributed by atoms with Gasteiger partial charge < -0.3 is 4.74 Å². The zero-order valence-corrected chi connectivity index (χ0v) is 17.2. The number of nitrogens with zero attached hydrogens (tertiary/aromatic N) is 4. The van der Waals surface area contributed by atoms with Crippen LogP contribution in [-0.4, -0.2) is 38.4 Å². The molecule has 0 aliphatic rings. The van der Waals surface area contributed by atoms with E-state index in [0.717, 1.165) is 17.0 Å². The van der Waals surface area contributed by atoms with Crippen LogP contribution in [0, 0.1) is 0 Å². The van der Waals surface area contributed by atoms with Crippen LogP contribution in [0.1, 0.15) is 5.56 Å². The van der Waals surface area contributed by atoms with E-state index < -0.39 is 0 Å². The summed E-state index contributed by atoms with van der Waals surface area (Å²) in [6.07, 6.45) is 2.12. The molecule has 2 aromatic carbocycles. The van der Waals surface area contributed by atoms with E-state index >= 15 is 0 Å². The highest BCUT2D eigenvalue weighted by atomic mass is 32.2. The first kappa shape index (κ1) is 19.8. The Bertz CT molecular complexity index is 1130. The number of thioether (sulfide) groups is 1. The lowest BCUT2D eigenvalue weighted by Gasteiger charge is -2.11. The van der Waals surface area contributed by atoms with Crippen molar-refractivity contribution in [3.05, 3.63) is 84.6 Å². The monoisotopic (exact) mass is 416 g/mol. The number of Topliss-reactive ketones (excluding diaryl/α,β-unsaturated/α-hetero) is 1. The molecule has 0 fully saturated rings. The maximum Gasteiger partial charge on any atom is 0.196 e. The fraction of sp³-hybridized carbons (Fsp3) is 0.130. The molecule has 2 aromatic heterocycles. The van der Waals surface area contributed by atoms with Gasteiger partial charge in [-0.3, -0.25) is 14.3 Å². The van der Waals surface area contributed by atoms with Gasteiger partial charge in [0.15, 0.2) is 11.0 Å². The molecule has 0 amide bonds. The minimum atomic E-state index is 0.130. The molecule has 0 aliphatic heterocycles. The van der Waals surface area contributed by atoms with Crippen molar-refractivity contribution in [2.45, 2.75) is 11.6 Å². The van der Waals surface area contributed by atoms with Crippen molar-refractivity contribution >= 4 is 17.5 Å². The second kappa shape index (κ2) is 9.37. The minimum absolute atomic E-state index is 0.130. The fourth-order valence-corrected chi connectivity index (χ4v) is 3.84. The number of benzene rings is 2. The third kappa shape index (κ3) is 4.58. The van der Waals surface area contributed by atoms with E-state index in [0.29, 0.717) is 28.8 Å². The molecule has 0 spiro atoms. The number of carbonyl (C=O) groups excluding carboxylic acids is 1. The predicted molar refractivity (Wildman–Crippen MR) is 117 cm³/mol. The Hall–Kier alpha value is -3.45. The van der Waals surface area contributed by atoms with Crippen LogP contribution in [0.25, 0.3) is 17.2 Å². The average molecular weight is 417 g/mol. The second-order valence-corrected chi connectivity index (χ2v) is 7.49. The Labute approximate surface area is 179 Å². The highest BCUT2D eigenvalue weighted by Crippen LogP contribution is 2.28. The molecule has 30 heavy (non-hydrogen) atoms. The van der Waals surface area contributed by atoms with E-state index in [-0.39, 0.29) is 5.78 Å². The van der Waals surface area contributed by atoms with E-state index in [2.05, 4.69) is 15.2 Å². The highest BCUT2D eigenvalue weighted by Gasteiger charge is 2.18. The Kier molecular flexibility index (Phi) is 6.20. The number of pyridine rings is 1. The van der Waals surface area contributed by atoms with E-state index in [1.807, 2.05) is 77.4 Å². The van der Waals surface area contributed by atoms with Gasteiger partial charge in [-0.05, 0) is 29.8 Å². The first-order chi connectivity index (χ1) is 14.7. The number of hydrogen-bond donors (Lipinski definition) is 0. The smallest absolute Gasteiger partial charge is 0.196 e. The molecule has 0 saturated heterocycles. The van der Waals surface area contributed by atoms with Crippen molar-refractivity contribution in [1.29, 1.82) is 0 Å². The summed E-state index contributed by atoms with van der Waals surface area (Å²) in [5.41, 5.74) is 2.56. The Morgan fingerprint density at radius 1 is 1.00 bits per heavy atom. The third-order valence-corrected chi connectivity index (χ3v) is 5.43. The topological polar surface area (TPSA) is 69.9 Å². The van der Waals surface area contributed by atoms with E-state index in [9.17, 15) is 4.79 Å². The number of methoxy groups -OCH3 is 1. The predicted octanol–water partition coefficient (Wildman–Crippen LogP) is 4.24. The molecule has 0 unspecified atom stereocenters. The number of ketones is 1. The largest absolute Gasteiger partial charge is 0.497 e. The van der Waals surface area contributed by atoms with Crippen LogP contribution in [0.3, 0.4) is 0 Å². The number of aromatic nitrogens is 4. The van der Waals surface area contributed by atoms with Crippen LogP contribution in [-0.2, 0) is 11.2 Å². The Morgan fingerprint density at radius 2 is 1.83 bits per heavy atom. The normalized spacial score (nSPS) is 10.7. The van der Waals surface area contributed by atoms with Gasteiger partial charge in [0.05, 0.1) is 18.6 Å². The van der Waals surface area contributed by atoms with Gasteiger partial charge in [0, 0.05) is 18.7 Å². The molecule has 0 atom stereocenters. The summed E-state index contributed by atoms with van der Waals surface area (Å²) < 4.78 is 7.28. The van der Waals surface area contributed by atoms with Crippen LogP contribution in [0.15, 0.2) is 84.1 Å². The van der Waals surface area contributed by atoms with Crippen molar-refractivity contribution in [2.75, 3.05) is 12.9 Å². The quantitative estimate of drug-likeness (QED) is 0.400. The summed E-state index contributed by atoms with van der Waals surface area (Å²) in [6.45, 7) is 0. The molecule has 4 rings (SSSR count). The molecule has 0 saturated carbocycles. The van der Waals surface area contributed by atoms with E-state index in [4.69, 9.17) is 4.74 Å². The second-order valence-electron chi connectivity index (χ2n) is 6.55. The lowest BCUT2D eigenvalue weighted by atomic mass is 10.1. The summed E-state index contributed by atoms with van der Waals surface area (Å²) >= 11 is 1.37. The number of rotatable bonds is 8. The minimum Gasteiger partial charge on any atom is -0.497 e. The van der Waals surface area contributed by atoms with Crippen molar-refractivity contribution in [2.24, 2.45) is 0 Å². The molecule has 0 radical (unpaired) electrons. The lowest BCUT2D eigenvalue weighted by molar-refractivity contribution is -0.116. The maximum atomic E-state index is 12.5. The standard InChI is InChI=1S/C23H20N4O2S/c1-29-20-11-7-10-18(15-20)27-22(21-12-5-6-13-24-21)25-26-23(27)30-16-19(28)14-17-8-3-2-4-9-17/h2-13,15H,14,16H2,1H3. The molecule has 6 nitrogen and oxygen atoms in total. The molecule has 0 N–H and O–H groups in total. The first-order valence-electron chi connectivity index (χ1n) is 9.44. The van der Waals surface area contributed by atoms with E-state index in [1.165, 1.54) is 11.8 Å². The maximum absolute atomic E-state index is 12.5. The van der Waals surface area contributed by atoms with Crippen LogP contribution in [0.5, 0.6) is 5.75 Å². The summed E-state index contributed by atoms with van der Waals surface area (Å²) in [4.78, 5) is 16.9. The van der Waals surface area contributed by atoms with Crippen molar-refractivity contribution in [3.8, 4) is 23.0 Å². The number of carbonyl (C=O) groups is 1. The lowest BCUT2D eigenvalue weighted by Crippen LogP contribution is -2.07. The third-order valence-electron chi connectivity index (χ3n) is 4.45. The van der Waals surface area contributed by atoms with Gasteiger partial charge in [-0.1, -0.05) is 54.2 Å². The average Bonchev–Trinajstić information content (AvgIpc) is 3.23. The van der Waals surface area contributed by atoms with Gasteiger partial charge in [-0.15, -0.1) is 10.2 Å². The number of ether oxygens (including phenoxy) is 1. The van der Waals surface area contributed by atoms with Gasteiger partial charge in [0.1, 0.15) is 17.2 Å². The van der Waals surface area contributed by atoms with Gasteiger partial charge in [0.2, 0.25) is 0 Å². The van der Waals surface area contributed by atoms with Gasteiger partial charge in [-0.25, -0.2) is 0 Å². The summed E-state index contributed by atoms with van der Waals surface area (Å²) in [5, 5.41) is 9.33. The molecular formula is C23H20N4O2S. The van der Waals surface area contributed by atoms with Crippen LogP contribution in [0.2, 0.25) is 0 Å². The fourth-order valence-electron chi connectivity index (χ4n) is 3.03. The summed E-state index contributed by atoms with van der Waals surface area (Å²) in [5.74, 6) is 1.77. The van der Waals surface area contributed by atoms with Crippen molar-refractivity contribution in [1.82, 2.24) is 19.7 Å². The molecular weight excluding hydrogens is 396 g/mol. The van der Waals surface area contributed by atoms with Crippen molar-refractivity contribution in [3.63, 3.8) is 0 Å². The highest BCUT2D eigenvalue weighted by molar-refractivity contribution is 7.99. The Balaban J connectivity index is 1.62. The molecule has 150 valence electrons. The molecule has 0 bridgehead atoms. The van der Waals surface area contributed by atoms with Crippen LogP contribution < -0.4 is 4.74 Å². The zero-order valence-electron chi connectivity index (χ0n) is 16.4. The molecule has 4 aromatic rings. The zero-order chi connectivity index (χ0) is 20.8. The van der Waals surface area contributed by atoms with Crippen LogP contribution >= 0.6 is 11.8 Å². The van der Waals surface area contributed by atoms with Crippen molar-refractivity contribution < 1.29 is 9.53 Å². The van der Waals surface area contributed by atoms with Gasteiger partial charge >= 0.3 is 0 Å². The van der Waals surface area contributed by atoms with Gasteiger partial charge in [-0.2, -0.15) is 0 Å². The molecule has 7 heteroatoms. The number of hydrogen-bond acceptors (Lipinski definition) is 6. The Morgan fingerprint density at radius 3 is 2.60 bits per heavy atom. The summed E-state index contributed by atoms with van der Waals surface area (Å²) in [7, 11) is 1.63. The summed E-state index contributed by atoms with van der Waals surface area (Å²) in [6, 6.07) is 23.0. The SMILES string of the molecule is COc1cccc(-n2c(SCC(=O)Cc3ccccc3)nnc2-c2ccccn2)c1.